The Morgan fingerprint density at radius 1 is 0.957 bits per heavy atom. The van der Waals surface area contributed by atoms with Gasteiger partial charge in [0, 0.05) is 18.0 Å². The molecule has 0 unspecified atom stereocenters. The normalized spacial score (nSPS) is 22.6. The van der Waals surface area contributed by atoms with Crippen LogP contribution in [0.2, 0.25) is 0 Å². The molecule has 1 aromatic carbocycles. The molecule has 9 nitrogen and oxygen atoms in total. The second kappa shape index (κ2) is 16.3. The van der Waals surface area contributed by atoms with Gasteiger partial charge < -0.3 is 19.1 Å². The summed E-state index contributed by atoms with van der Waals surface area (Å²) in [6.45, 7) is 22.3. The molecule has 3 rings (SSSR count). The van der Waals surface area contributed by atoms with Crippen molar-refractivity contribution in [3.63, 3.8) is 0 Å². The number of hydrogen-bond donors (Lipinski definition) is 0. The standard InChI is InChI=1S/C37H60N2O7S/c1-13-29-21-45-35(39(29)47(42,43)34-31(23(4)5)18-28(22(2)3)19-32(34)24(6)7)30-17-15-14-16-27(30)20-33(36(40)44-12)46-37(41)38(25(8)9)26(10)11/h18-20,22-26,29-30,33,35H,13-17,21H2,1-12H3/b27-20+/t29-,30-,33-,35-/m1/s1. The van der Waals surface area contributed by atoms with Crippen LogP contribution in [-0.4, -0.2) is 73.9 Å². The summed E-state index contributed by atoms with van der Waals surface area (Å²) in [5, 5.41) is 0. The average Bonchev–Trinajstić information content (AvgIpc) is 3.44. The van der Waals surface area contributed by atoms with E-state index in [-0.39, 0.29) is 48.4 Å². The summed E-state index contributed by atoms with van der Waals surface area (Å²) in [7, 11) is -2.75. The molecule has 1 aliphatic heterocycles. The second-order valence-corrected chi connectivity index (χ2v) is 16.4. The maximum absolute atomic E-state index is 15.1. The van der Waals surface area contributed by atoms with Crippen LogP contribution < -0.4 is 0 Å². The van der Waals surface area contributed by atoms with Crippen molar-refractivity contribution in [2.45, 2.75) is 161 Å². The zero-order valence-electron chi connectivity index (χ0n) is 30.8. The first-order valence-corrected chi connectivity index (χ1v) is 19.0. The predicted octanol–water partition coefficient (Wildman–Crippen LogP) is 8.10. The van der Waals surface area contributed by atoms with E-state index in [4.69, 9.17) is 14.2 Å². The van der Waals surface area contributed by atoms with Gasteiger partial charge in [-0.05, 0) is 93.9 Å². The van der Waals surface area contributed by atoms with E-state index in [2.05, 4.69) is 26.0 Å². The van der Waals surface area contributed by atoms with Crippen molar-refractivity contribution in [3.05, 3.63) is 40.5 Å². The highest BCUT2D eigenvalue weighted by molar-refractivity contribution is 7.89. The molecule has 0 N–H and O–H groups in total. The van der Waals surface area contributed by atoms with Crippen LogP contribution in [0.15, 0.2) is 28.7 Å². The highest BCUT2D eigenvalue weighted by atomic mass is 32.2. The number of hydrogen-bond acceptors (Lipinski definition) is 7. The summed E-state index contributed by atoms with van der Waals surface area (Å²) in [6, 6.07) is 3.54. The highest BCUT2D eigenvalue weighted by Gasteiger charge is 2.49. The number of amides is 1. The summed E-state index contributed by atoms with van der Waals surface area (Å²) in [5.41, 5.74) is 3.65. The van der Waals surface area contributed by atoms with Gasteiger partial charge in [0.05, 0.1) is 24.7 Å². The van der Waals surface area contributed by atoms with E-state index >= 15 is 8.42 Å². The molecule has 4 atom stereocenters. The summed E-state index contributed by atoms with van der Waals surface area (Å²) >= 11 is 0. The van der Waals surface area contributed by atoms with Crippen LogP contribution in [0.25, 0.3) is 0 Å². The minimum Gasteiger partial charge on any atom is -0.466 e. The van der Waals surface area contributed by atoms with Gasteiger partial charge in [0.2, 0.25) is 16.1 Å². The number of ether oxygens (including phenoxy) is 3. The minimum atomic E-state index is -4.02. The van der Waals surface area contributed by atoms with E-state index in [1.54, 1.807) is 15.3 Å². The lowest BCUT2D eigenvalue weighted by Crippen LogP contribution is -2.47. The Morgan fingerprint density at radius 2 is 1.53 bits per heavy atom. The van der Waals surface area contributed by atoms with E-state index in [0.29, 0.717) is 24.2 Å². The van der Waals surface area contributed by atoms with Gasteiger partial charge in [0.1, 0.15) is 6.23 Å². The fraction of sp³-hybridized carbons (Fsp3) is 0.730. The molecule has 2 fully saturated rings. The molecule has 266 valence electrons. The molecule has 1 saturated heterocycles. The third-order valence-electron chi connectivity index (χ3n) is 9.56. The van der Waals surface area contributed by atoms with E-state index < -0.39 is 34.4 Å². The number of nitrogens with zero attached hydrogens (tertiary/aromatic N) is 2. The molecule has 1 heterocycles. The SMILES string of the molecule is CC[C@@H]1CO[C@H]([C@@H]2CCCC/C2=C\[C@@H](OC(=O)N(C(C)C)C(C)C)C(=O)OC)N1S(=O)(=O)c1c(C(C)C)cc(C(C)C)cc1C(C)C. The molecular formula is C37H60N2O7S. The Morgan fingerprint density at radius 3 is 2.00 bits per heavy atom. The van der Waals surface area contributed by atoms with Crippen LogP contribution in [-0.2, 0) is 29.0 Å². The Bertz CT molecular complexity index is 1350. The Labute approximate surface area is 284 Å². The van der Waals surface area contributed by atoms with Crippen molar-refractivity contribution in [1.82, 2.24) is 9.21 Å². The Balaban J connectivity index is 2.15. The first kappa shape index (κ1) is 39.0. The van der Waals surface area contributed by atoms with Gasteiger partial charge in [-0.15, -0.1) is 0 Å². The monoisotopic (exact) mass is 676 g/mol. The number of carbonyl (C=O) groups excluding carboxylic acids is 2. The number of benzene rings is 1. The van der Waals surface area contributed by atoms with Crippen LogP contribution in [0.3, 0.4) is 0 Å². The third kappa shape index (κ3) is 8.60. The molecule has 1 aromatic rings. The lowest BCUT2D eigenvalue weighted by Gasteiger charge is -2.37. The predicted molar refractivity (Wildman–Crippen MR) is 186 cm³/mol. The summed E-state index contributed by atoms with van der Waals surface area (Å²) in [6.07, 6.45) is 2.74. The van der Waals surface area contributed by atoms with Crippen LogP contribution in [0, 0.1) is 5.92 Å². The lowest BCUT2D eigenvalue weighted by molar-refractivity contribution is -0.148. The molecular weight excluding hydrogens is 616 g/mol. The van der Waals surface area contributed by atoms with Crippen LogP contribution in [0.1, 0.15) is 143 Å². The molecule has 2 aliphatic rings. The van der Waals surface area contributed by atoms with Crippen molar-refractivity contribution in [3.8, 4) is 0 Å². The fourth-order valence-corrected chi connectivity index (χ4v) is 9.51. The molecule has 1 amide bonds. The van der Waals surface area contributed by atoms with E-state index in [0.717, 1.165) is 35.1 Å². The maximum Gasteiger partial charge on any atom is 0.411 e. The summed E-state index contributed by atoms with van der Waals surface area (Å²) in [5.74, 6) is -0.746. The second-order valence-electron chi connectivity index (χ2n) is 14.6. The minimum absolute atomic E-state index is 0.00472. The number of sulfonamides is 1. The zero-order chi connectivity index (χ0) is 35.4. The Kier molecular flexibility index (Phi) is 13.5. The zero-order valence-corrected chi connectivity index (χ0v) is 31.6. The fourth-order valence-electron chi connectivity index (χ4n) is 7.03. The maximum atomic E-state index is 15.1. The number of esters is 1. The number of methoxy groups -OCH3 is 1. The first-order valence-electron chi connectivity index (χ1n) is 17.6. The topological polar surface area (TPSA) is 102 Å². The third-order valence-corrected chi connectivity index (χ3v) is 11.6. The van der Waals surface area contributed by atoms with Crippen molar-refractivity contribution < 1.29 is 32.2 Å². The Hall–Kier alpha value is -2.43. The first-order chi connectivity index (χ1) is 22.0. The van der Waals surface area contributed by atoms with Crippen LogP contribution in [0.5, 0.6) is 0 Å². The van der Waals surface area contributed by atoms with Crippen molar-refractivity contribution in [2.75, 3.05) is 13.7 Å². The van der Waals surface area contributed by atoms with Gasteiger partial charge >= 0.3 is 12.1 Å². The lowest BCUT2D eigenvalue weighted by atomic mass is 9.82. The number of carbonyl (C=O) groups is 2. The molecule has 10 heteroatoms. The largest absolute Gasteiger partial charge is 0.466 e. The van der Waals surface area contributed by atoms with Crippen LogP contribution in [0.4, 0.5) is 4.79 Å². The summed E-state index contributed by atoms with van der Waals surface area (Å²) < 4.78 is 49.1. The molecule has 0 spiro atoms. The van der Waals surface area contributed by atoms with Gasteiger partial charge in [-0.2, -0.15) is 4.31 Å². The van der Waals surface area contributed by atoms with E-state index in [9.17, 15) is 9.59 Å². The van der Waals surface area contributed by atoms with Gasteiger partial charge in [-0.1, -0.05) is 72.6 Å². The number of rotatable bonds is 12. The average molecular weight is 677 g/mol. The van der Waals surface area contributed by atoms with Crippen molar-refractivity contribution in [2.24, 2.45) is 5.92 Å². The molecule has 0 radical (unpaired) electrons. The van der Waals surface area contributed by atoms with Crippen molar-refractivity contribution in [1.29, 1.82) is 0 Å². The molecule has 1 aliphatic carbocycles. The van der Waals surface area contributed by atoms with Gasteiger partial charge in [-0.25, -0.2) is 18.0 Å². The quantitative estimate of drug-likeness (QED) is 0.163. The highest BCUT2D eigenvalue weighted by Crippen LogP contribution is 2.44. The molecule has 1 saturated carbocycles. The summed E-state index contributed by atoms with van der Waals surface area (Å²) in [4.78, 5) is 28.2. The smallest absolute Gasteiger partial charge is 0.411 e. The van der Waals surface area contributed by atoms with E-state index in [1.165, 1.54) is 7.11 Å². The molecule has 47 heavy (non-hydrogen) atoms. The van der Waals surface area contributed by atoms with Gasteiger partial charge in [-0.3, -0.25) is 0 Å². The molecule has 0 bridgehead atoms. The van der Waals surface area contributed by atoms with Gasteiger partial charge in [0.15, 0.2) is 0 Å². The molecule has 0 aromatic heterocycles. The van der Waals surface area contributed by atoms with E-state index in [1.807, 2.05) is 62.3 Å². The van der Waals surface area contributed by atoms with Crippen molar-refractivity contribution >= 4 is 22.1 Å². The van der Waals surface area contributed by atoms with Gasteiger partial charge in [0.25, 0.3) is 0 Å². The van der Waals surface area contributed by atoms with Crippen LogP contribution >= 0.6 is 0 Å².